The van der Waals surface area contributed by atoms with Crippen molar-refractivity contribution in [3.63, 3.8) is 0 Å². The molecule has 0 amide bonds. The molecule has 0 spiro atoms. The number of ether oxygens (including phenoxy) is 1. The standard InChI is InChI=1S/C16H13NO2S2/c18-15(8-12-4-2-1-3-5-12)19-9-14-11-21-16(17-14)13-6-7-20-10-13/h1-7,10-11H,8-9H2. The molecule has 3 rings (SSSR count). The quantitative estimate of drug-likeness (QED) is 0.664. The van der Waals surface area contributed by atoms with Crippen molar-refractivity contribution in [2.75, 3.05) is 0 Å². The smallest absolute Gasteiger partial charge is 0.310 e. The number of thiophene rings is 1. The summed E-state index contributed by atoms with van der Waals surface area (Å²) in [5.74, 6) is -0.230. The molecule has 0 radical (unpaired) electrons. The summed E-state index contributed by atoms with van der Waals surface area (Å²) in [6, 6.07) is 11.6. The Morgan fingerprint density at radius 2 is 2.00 bits per heavy atom. The molecule has 1 aromatic carbocycles. The zero-order chi connectivity index (χ0) is 14.5. The van der Waals surface area contributed by atoms with Gasteiger partial charge in [0.2, 0.25) is 0 Å². The molecule has 21 heavy (non-hydrogen) atoms. The fraction of sp³-hybridized carbons (Fsp3) is 0.125. The lowest BCUT2D eigenvalue weighted by Gasteiger charge is -2.02. The topological polar surface area (TPSA) is 39.2 Å². The van der Waals surface area contributed by atoms with Gasteiger partial charge in [0, 0.05) is 16.3 Å². The number of esters is 1. The van der Waals surface area contributed by atoms with E-state index < -0.39 is 0 Å². The Balaban J connectivity index is 1.54. The van der Waals surface area contributed by atoms with Gasteiger partial charge < -0.3 is 4.74 Å². The summed E-state index contributed by atoms with van der Waals surface area (Å²) in [5, 5.41) is 6.98. The average Bonchev–Trinajstić information content (AvgIpc) is 3.17. The van der Waals surface area contributed by atoms with E-state index in [1.54, 1.807) is 22.7 Å². The Morgan fingerprint density at radius 1 is 1.14 bits per heavy atom. The van der Waals surface area contributed by atoms with Gasteiger partial charge in [-0.25, -0.2) is 4.98 Å². The van der Waals surface area contributed by atoms with Crippen LogP contribution in [0.3, 0.4) is 0 Å². The van der Waals surface area contributed by atoms with E-state index >= 15 is 0 Å². The van der Waals surface area contributed by atoms with Crippen molar-refractivity contribution >= 4 is 28.6 Å². The lowest BCUT2D eigenvalue weighted by Crippen LogP contribution is -2.08. The highest BCUT2D eigenvalue weighted by Crippen LogP contribution is 2.25. The maximum absolute atomic E-state index is 11.8. The van der Waals surface area contributed by atoms with Crippen molar-refractivity contribution in [3.05, 3.63) is 63.8 Å². The normalized spacial score (nSPS) is 10.5. The molecular weight excluding hydrogens is 302 g/mol. The Bertz CT molecular complexity index is 705. The van der Waals surface area contributed by atoms with Gasteiger partial charge in [-0.3, -0.25) is 4.79 Å². The van der Waals surface area contributed by atoms with E-state index in [0.717, 1.165) is 21.8 Å². The summed E-state index contributed by atoms with van der Waals surface area (Å²) in [7, 11) is 0. The first kappa shape index (κ1) is 14.0. The maximum Gasteiger partial charge on any atom is 0.310 e. The highest BCUT2D eigenvalue weighted by atomic mass is 32.1. The Morgan fingerprint density at radius 3 is 2.76 bits per heavy atom. The minimum atomic E-state index is -0.230. The highest BCUT2D eigenvalue weighted by molar-refractivity contribution is 7.14. The molecule has 0 atom stereocenters. The zero-order valence-electron chi connectivity index (χ0n) is 11.2. The largest absolute Gasteiger partial charge is 0.459 e. The van der Waals surface area contributed by atoms with E-state index in [2.05, 4.69) is 10.4 Å². The monoisotopic (exact) mass is 315 g/mol. The molecular formula is C16H13NO2S2. The minimum Gasteiger partial charge on any atom is -0.459 e. The van der Waals surface area contributed by atoms with Crippen LogP contribution in [-0.4, -0.2) is 11.0 Å². The molecule has 0 unspecified atom stereocenters. The molecule has 2 heterocycles. The van der Waals surface area contributed by atoms with Crippen LogP contribution in [0, 0.1) is 0 Å². The summed E-state index contributed by atoms with van der Waals surface area (Å²) < 4.78 is 5.27. The van der Waals surface area contributed by atoms with Gasteiger partial charge in [0.25, 0.3) is 0 Å². The molecule has 0 aliphatic carbocycles. The molecule has 0 aliphatic heterocycles. The number of carbonyl (C=O) groups excluding carboxylic acids is 1. The van der Waals surface area contributed by atoms with Gasteiger partial charge in [0.15, 0.2) is 0 Å². The van der Waals surface area contributed by atoms with E-state index in [1.807, 2.05) is 47.2 Å². The van der Waals surface area contributed by atoms with Gasteiger partial charge in [0.1, 0.15) is 11.6 Å². The number of benzene rings is 1. The summed E-state index contributed by atoms with van der Waals surface area (Å²) in [6.45, 7) is 0.228. The van der Waals surface area contributed by atoms with Crippen LogP contribution in [0.25, 0.3) is 10.6 Å². The second kappa shape index (κ2) is 6.65. The number of rotatable bonds is 5. The van der Waals surface area contributed by atoms with Gasteiger partial charge in [-0.05, 0) is 17.0 Å². The first-order chi connectivity index (χ1) is 10.3. The van der Waals surface area contributed by atoms with Gasteiger partial charge in [-0.1, -0.05) is 30.3 Å². The number of thiazole rings is 1. The van der Waals surface area contributed by atoms with E-state index in [0.29, 0.717) is 6.42 Å². The lowest BCUT2D eigenvalue weighted by molar-refractivity contribution is -0.144. The Labute approximate surface area is 130 Å². The van der Waals surface area contributed by atoms with Gasteiger partial charge in [-0.2, -0.15) is 11.3 Å². The fourth-order valence-corrected chi connectivity index (χ4v) is 3.38. The van der Waals surface area contributed by atoms with Crippen molar-refractivity contribution in [1.82, 2.24) is 4.98 Å². The second-order valence-corrected chi connectivity index (χ2v) is 6.12. The second-order valence-electron chi connectivity index (χ2n) is 4.48. The third-order valence-corrected chi connectivity index (χ3v) is 4.52. The van der Waals surface area contributed by atoms with Crippen LogP contribution >= 0.6 is 22.7 Å². The molecule has 3 aromatic rings. The predicted molar refractivity (Wildman–Crippen MR) is 85.4 cm³/mol. The lowest BCUT2D eigenvalue weighted by atomic mass is 10.2. The molecule has 5 heteroatoms. The van der Waals surface area contributed by atoms with Crippen LogP contribution in [0.2, 0.25) is 0 Å². The first-order valence-electron chi connectivity index (χ1n) is 6.48. The van der Waals surface area contributed by atoms with Gasteiger partial charge in [0.05, 0.1) is 12.1 Å². The van der Waals surface area contributed by atoms with E-state index in [-0.39, 0.29) is 12.6 Å². The van der Waals surface area contributed by atoms with Crippen LogP contribution in [0.1, 0.15) is 11.3 Å². The Kier molecular flexibility index (Phi) is 4.43. The van der Waals surface area contributed by atoms with Crippen molar-refractivity contribution in [2.24, 2.45) is 0 Å². The fourth-order valence-electron chi connectivity index (χ4n) is 1.86. The first-order valence-corrected chi connectivity index (χ1v) is 8.30. The Hall–Kier alpha value is -1.98. The van der Waals surface area contributed by atoms with Gasteiger partial charge in [-0.15, -0.1) is 11.3 Å². The van der Waals surface area contributed by atoms with E-state index in [1.165, 1.54) is 0 Å². The summed E-state index contributed by atoms with van der Waals surface area (Å²) in [6.07, 6.45) is 0.294. The summed E-state index contributed by atoms with van der Waals surface area (Å²) in [5.41, 5.74) is 2.87. The third kappa shape index (κ3) is 3.77. The molecule has 0 saturated carbocycles. The average molecular weight is 315 g/mol. The van der Waals surface area contributed by atoms with Crippen LogP contribution in [0.5, 0.6) is 0 Å². The highest BCUT2D eigenvalue weighted by Gasteiger charge is 2.08. The van der Waals surface area contributed by atoms with Crippen LogP contribution < -0.4 is 0 Å². The molecule has 106 valence electrons. The van der Waals surface area contributed by atoms with Gasteiger partial charge >= 0.3 is 5.97 Å². The molecule has 0 bridgehead atoms. The van der Waals surface area contributed by atoms with Crippen LogP contribution in [0.15, 0.2) is 52.5 Å². The van der Waals surface area contributed by atoms with E-state index in [4.69, 9.17) is 4.74 Å². The van der Waals surface area contributed by atoms with Crippen molar-refractivity contribution < 1.29 is 9.53 Å². The summed E-state index contributed by atoms with van der Waals surface area (Å²) in [4.78, 5) is 16.3. The molecule has 3 nitrogen and oxygen atoms in total. The number of nitrogens with zero attached hydrogens (tertiary/aromatic N) is 1. The maximum atomic E-state index is 11.8. The number of hydrogen-bond acceptors (Lipinski definition) is 5. The zero-order valence-corrected chi connectivity index (χ0v) is 12.8. The number of hydrogen-bond donors (Lipinski definition) is 0. The number of carbonyl (C=O) groups is 1. The van der Waals surface area contributed by atoms with Crippen molar-refractivity contribution in [1.29, 1.82) is 0 Å². The molecule has 0 N–H and O–H groups in total. The third-order valence-electron chi connectivity index (χ3n) is 2.89. The SMILES string of the molecule is O=C(Cc1ccccc1)OCc1csc(-c2ccsc2)n1. The molecule has 0 aliphatic rings. The van der Waals surface area contributed by atoms with Crippen LogP contribution in [0.4, 0.5) is 0 Å². The predicted octanol–water partition coefficient (Wildman–Crippen LogP) is 4.16. The molecule has 0 fully saturated rings. The van der Waals surface area contributed by atoms with Crippen molar-refractivity contribution in [3.8, 4) is 10.6 Å². The molecule has 2 aromatic heterocycles. The number of aromatic nitrogens is 1. The van der Waals surface area contributed by atoms with E-state index in [9.17, 15) is 4.79 Å². The molecule has 0 saturated heterocycles. The minimum absolute atomic E-state index is 0.228. The van der Waals surface area contributed by atoms with Crippen molar-refractivity contribution in [2.45, 2.75) is 13.0 Å². The summed E-state index contributed by atoms with van der Waals surface area (Å²) >= 11 is 3.21. The van der Waals surface area contributed by atoms with Crippen LogP contribution in [-0.2, 0) is 22.6 Å².